The minimum absolute atomic E-state index is 0.138. The lowest BCUT2D eigenvalue weighted by Gasteiger charge is -2.22. The SMILES string of the molecule is COc1ccc(S(=O)(=O)NCC(=O)NC2CCCCC2)c2ccccc12. The molecule has 0 aliphatic heterocycles. The molecule has 0 bridgehead atoms. The molecule has 2 aromatic carbocycles. The smallest absolute Gasteiger partial charge is 0.241 e. The zero-order chi connectivity index (χ0) is 18.6. The van der Waals surface area contributed by atoms with E-state index in [1.54, 1.807) is 25.3 Å². The fourth-order valence-electron chi connectivity index (χ4n) is 3.42. The molecule has 1 aliphatic carbocycles. The summed E-state index contributed by atoms with van der Waals surface area (Å²) in [6, 6.07) is 10.4. The number of sulfonamides is 1. The zero-order valence-corrected chi connectivity index (χ0v) is 15.6. The Morgan fingerprint density at radius 2 is 1.77 bits per heavy atom. The summed E-state index contributed by atoms with van der Waals surface area (Å²) in [6.45, 7) is -0.265. The highest BCUT2D eigenvalue weighted by Crippen LogP contribution is 2.30. The average Bonchev–Trinajstić information content (AvgIpc) is 2.66. The first-order valence-corrected chi connectivity index (χ1v) is 10.3. The van der Waals surface area contributed by atoms with Crippen LogP contribution in [0, 0.1) is 0 Å². The Morgan fingerprint density at radius 3 is 2.46 bits per heavy atom. The number of carbonyl (C=O) groups is 1. The van der Waals surface area contributed by atoms with Gasteiger partial charge in [-0.2, -0.15) is 0 Å². The van der Waals surface area contributed by atoms with Crippen LogP contribution in [0.2, 0.25) is 0 Å². The largest absolute Gasteiger partial charge is 0.496 e. The van der Waals surface area contributed by atoms with Crippen molar-refractivity contribution in [3.8, 4) is 5.75 Å². The van der Waals surface area contributed by atoms with Crippen LogP contribution in [-0.4, -0.2) is 34.0 Å². The van der Waals surface area contributed by atoms with Crippen LogP contribution >= 0.6 is 0 Å². The van der Waals surface area contributed by atoms with E-state index in [-0.39, 0.29) is 23.4 Å². The van der Waals surface area contributed by atoms with Gasteiger partial charge in [0.1, 0.15) is 5.75 Å². The summed E-state index contributed by atoms with van der Waals surface area (Å²) in [4.78, 5) is 12.2. The van der Waals surface area contributed by atoms with E-state index in [2.05, 4.69) is 10.0 Å². The molecule has 0 spiro atoms. The van der Waals surface area contributed by atoms with Gasteiger partial charge in [0.25, 0.3) is 0 Å². The minimum atomic E-state index is -3.81. The minimum Gasteiger partial charge on any atom is -0.496 e. The lowest BCUT2D eigenvalue weighted by atomic mass is 9.95. The van der Waals surface area contributed by atoms with Crippen molar-refractivity contribution in [1.29, 1.82) is 0 Å². The molecule has 3 rings (SSSR count). The van der Waals surface area contributed by atoms with Crippen molar-refractivity contribution in [2.24, 2.45) is 0 Å². The highest BCUT2D eigenvalue weighted by molar-refractivity contribution is 7.89. The number of carbonyl (C=O) groups excluding carboxylic acids is 1. The quantitative estimate of drug-likeness (QED) is 0.812. The normalized spacial score (nSPS) is 15.7. The number of amides is 1. The second-order valence-corrected chi connectivity index (χ2v) is 8.27. The standard InChI is InChI=1S/C19H24N2O4S/c1-25-17-11-12-18(16-10-6-5-9-15(16)17)26(23,24)20-13-19(22)21-14-7-3-2-4-8-14/h5-6,9-12,14,20H,2-4,7-8,13H2,1H3,(H,21,22). The Morgan fingerprint density at radius 1 is 1.08 bits per heavy atom. The highest BCUT2D eigenvalue weighted by atomic mass is 32.2. The van der Waals surface area contributed by atoms with Gasteiger partial charge in [-0.05, 0) is 25.0 Å². The number of methoxy groups -OCH3 is 1. The Labute approximate surface area is 154 Å². The molecule has 1 amide bonds. The van der Waals surface area contributed by atoms with Crippen LogP contribution in [0.15, 0.2) is 41.3 Å². The van der Waals surface area contributed by atoms with Crippen molar-refractivity contribution in [2.75, 3.05) is 13.7 Å². The third-order valence-corrected chi connectivity index (χ3v) is 6.21. The van der Waals surface area contributed by atoms with Gasteiger partial charge in [0.15, 0.2) is 0 Å². The summed E-state index contributed by atoms with van der Waals surface area (Å²) >= 11 is 0. The Kier molecular flexibility index (Phi) is 5.78. The van der Waals surface area contributed by atoms with Crippen LogP contribution in [0.1, 0.15) is 32.1 Å². The van der Waals surface area contributed by atoms with Crippen molar-refractivity contribution in [3.63, 3.8) is 0 Å². The van der Waals surface area contributed by atoms with E-state index in [0.29, 0.717) is 16.5 Å². The Balaban J connectivity index is 1.74. The number of fused-ring (bicyclic) bond motifs is 1. The molecule has 0 unspecified atom stereocenters. The van der Waals surface area contributed by atoms with Crippen molar-refractivity contribution < 1.29 is 17.9 Å². The molecule has 26 heavy (non-hydrogen) atoms. The average molecular weight is 376 g/mol. The number of benzene rings is 2. The monoisotopic (exact) mass is 376 g/mol. The molecule has 2 aromatic rings. The molecule has 1 aliphatic rings. The number of nitrogens with one attached hydrogen (secondary N) is 2. The second kappa shape index (κ2) is 8.05. The molecule has 0 heterocycles. The van der Waals surface area contributed by atoms with Gasteiger partial charge >= 0.3 is 0 Å². The maximum absolute atomic E-state index is 12.7. The van der Waals surface area contributed by atoms with Gasteiger partial charge in [-0.25, -0.2) is 13.1 Å². The van der Waals surface area contributed by atoms with E-state index < -0.39 is 10.0 Å². The lowest BCUT2D eigenvalue weighted by molar-refractivity contribution is -0.120. The summed E-state index contributed by atoms with van der Waals surface area (Å²) in [7, 11) is -2.27. The van der Waals surface area contributed by atoms with E-state index in [4.69, 9.17) is 4.74 Å². The van der Waals surface area contributed by atoms with Crippen LogP contribution in [-0.2, 0) is 14.8 Å². The topological polar surface area (TPSA) is 84.5 Å². The summed E-state index contributed by atoms with van der Waals surface area (Å²) < 4.78 is 33.1. The van der Waals surface area contributed by atoms with Crippen molar-refractivity contribution in [2.45, 2.75) is 43.0 Å². The molecular weight excluding hydrogens is 352 g/mol. The predicted octanol–water partition coefficient (Wildman–Crippen LogP) is 2.58. The van der Waals surface area contributed by atoms with E-state index in [0.717, 1.165) is 25.7 Å². The van der Waals surface area contributed by atoms with E-state index in [9.17, 15) is 13.2 Å². The maximum Gasteiger partial charge on any atom is 0.241 e. The van der Waals surface area contributed by atoms with E-state index in [1.165, 1.54) is 12.5 Å². The molecule has 0 aromatic heterocycles. The van der Waals surface area contributed by atoms with Gasteiger partial charge in [-0.15, -0.1) is 0 Å². The summed E-state index contributed by atoms with van der Waals surface area (Å²) in [5.41, 5.74) is 0. The Hall–Kier alpha value is -2.12. The van der Waals surface area contributed by atoms with Gasteiger partial charge in [0.05, 0.1) is 18.6 Å². The first-order valence-electron chi connectivity index (χ1n) is 8.86. The predicted molar refractivity (Wildman–Crippen MR) is 101 cm³/mol. The molecule has 140 valence electrons. The van der Waals surface area contributed by atoms with Crippen molar-refractivity contribution in [1.82, 2.24) is 10.0 Å². The molecule has 0 radical (unpaired) electrons. The maximum atomic E-state index is 12.7. The first kappa shape index (κ1) is 18.7. The first-order chi connectivity index (χ1) is 12.5. The fourth-order valence-corrected chi connectivity index (χ4v) is 4.61. The summed E-state index contributed by atoms with van der Waals surface area (Å²) in [6.07, 6.45) is 5.33. The second-order valence-electron chi connectivity index (χ2n) is 6.54. The molecular formula is C19H24N2O4S. The fraction of sp³-hybridized carbons (Fsp3) is 0.421. The lowest BCUT2D eigenvalue weighted by Crippen LogP contribution is -2.42. The summed E-state index contributed by atoms with van der Waals surface area (Å²) in [5, 5.41) is 4.19. The number of rotatable bonds is 6. The molecule has 7 heteroatoms. The third kappa shape index (κ3) is 4.16. The number of hydrogen-bond acceptors (Lipinski definition) is 4. The number of hydrogen-bond donors (Lipinski definition) is 2. The number of ether oxygens (including phenoxy) is 1. The van der Waals surface area contributed by atoms with E-state index in [1.807, 2.05) is 12.1 Å². The summed E-state index contributed by atoms with van der Waals surface area (Å²) in [5.74, 6) is 0.313. The molecule has 1 saturated carbocycles. The van der Waals surface area contributed by atoms with Gasteiger partial charge in [-0.1, -0.05) is 43.5 Å². The van der Waals surface area contributed by atoms with Crippen molar-refractivity contribution in [3.05, 3.63) is 36.4 Å². The van der Waals surface area contributed by atoms with Gasteiger partial charge in [0.2, 0.25) is 15.9 Å². The van der Waals surface area contributed by atoms with Crippen molar-refractivity contribution >= 4 is 26.7 Å². The van der Waals surface area contributed by atoms with E-state index >= 15 is 0 Å². The highest BCUT2D eigenvalue weighted by Gasteiger charge is 2.21. The Bertz CT molecular complexity index is 890. The van der Waals surface area contributed by atoms with Gasteiger partial charge in [-0.3, -0.25) is 4.79 Å². The van der Waals surface area contributed by atoms with Gasteiger partial charge < -0.3 is 10.1 Å². The van der Waals surface area contributed by atoms with Crippen LogP contribution in [0.5, 0.6) is 5.75 Å². The molecule has 2 N–H and O–H groups in total. The zero-order valence-electron chi connectivity index (χ0n) is 14.8. The van der Waals surface area contributed by atoms with Crippen LogP contribution in [0.3, 0.4) is 0 Å². The molecule has 0 saturated heterocycles. The molecule has 0 atom stereocenters. The molecule has 6 nitrogen and oxygen atoms in total. The van der Waals surface area contributed by atoms with Crippen LogP contribution in [0.25, 0.3) is 10.8 Å². The van der Waals surface area contributed by atoms with Crippen LogP contribution < -0.4 is 14.8 Å². The van der Waals surface area contributed by atoms with Crippen LogP contribution in [0.4, 0.5) is 0 Å². The van der Waals surface area contributed by atoms with Gasteiger partial charge in [0, 0.05) is 16.8 Å². The molecule has 1 fully saturated rings. The third-order valence-electron chi connectivity index (χ3n) is 4.75.